The third-order valence-electron chi connectivity index (χ3n) is 1.63. The SMILES string of the molecule is CN=S(C)(=O)N1CCC1. The lowest BCUT2D eigenvalue weighted by Crippen LogP contribution is -2.41. The van der Waals surface area contributed by atoms with E-state index < -0.39 is 9.92 Å². The summed E-state index contributed by atoms with van der Waals surface area (Å²) in [4.78, 5) is 0. The lowest BCUT2D eigenvalue weighted by atomic mass is 10.3. The summed E-state index contributed by atoms with van der Waals surface area (Å²) in [5.74, 6) is 0. The molecule has 1 heterocycles. The zero-order valence-corrected chi connectivity index (χ0v) is 6.65. The molecule has 3 nitrogen and oxygen atoms in total. The van der Waals surface area contributed by atoms with Gasteiger partial charge in [0.05, 0.1) is 0 Å². The average molecular weight is 148 g/mol. The monoisotopic (exact) mass is 148 g/mol. The maximum absolute atomic E-state index is 11.3. The van der Waals surface area contributed by atoms with E-state index in [-0.39, 0.29) is 0 Å². The standard InChI is InChI=1S/C5H12N2OS/c1-6-9(2,8)7-4-3-5-7/h3-5H2,1-2H3. The van der Waals surface area contributed by atoms with E-state index in [0.29, 0.717) is 0 Å². The molecule has 9 heavy (non-hydrogen) atoms. The molecule has 1 unspecified atom stereocenters. The van der Waals surface area contributed by atoms with E-state index in [1.807, 2.05) is 4.31 Å². The van der Waals surface area contributed by atoms with Gasteiger partial charge in [0.15, 0.2) is 0 Å². The van der Waals surface area contributed by atoms with Gasteiger partial charge in [0.25, 0.3) is 0 Å². The van der Waals surface area contributed by atoms with Crippen LogP contribution in [-0.4, -0.2) is 34.9 Å². The molecular weight excluding hydrogens is 136 g/mol. The van der Waals surface area contributed by atoms with E-state index in [9.17, 15) is 4.21 Å². The first-order chi connectivity index (χ1) is 4.17. The smallest absolute Gasteiger partial charge is 0.107 e. The second-order valence-electron chi connectivity index (χ2n) is 2.23. The molecule has 0 radical (unpaired) electrons. The van der Waals surface area contributed by atoms with Crippen LogP contribution < -0.4 is 0 Å². The van der Waals surface area contributed by atoms with E-state index in [1.54, 1.807) is 13.3 Å². The van der Waals surface area contributed by atoms with Crippen molar-refractivity contribution in [2.45, 2.75) is 6.42 Å². The van der Waals surface area contributed by atoms with Crippen molar-refractivity contribution in [2.24, 2.45) is 4.36 Å². The molecule has 0 saturated carbocycles. The van der Waals surface area contributed by atoms with Gasteiger partial charge in [0.1, 0.15) is 9.92 Å². The van der Waals surface area contributed by atoms with Crippen molar-refractivity contribution in [3.05, 3.63) is 0 Å². The van der Waals surface area contributed by atoms with Crippen LogP contribution in [0, 0.1) is 0 Å². The highest BCUT2D eigenvalue weighted by atomic mass is 32.2. The van der Waals surface area contributed by atoms with Gasteiger partial charge in [-0.15, -0.1) is 0 Å². The van der Waals surface area contributed by atoms with Gasteiger partial charge < -0.3 is 0 Å². The topological polar surface area (TPSA) is 32.7 Å². The fourth-order valence-electron chi connectivity index (χ4n) is 0.741. The van der Waals surface area contributed by atoms with E-state index in [2.05, 4.69) is 4.36 Å². The maximum Gasteiger partial charge on any atom is 0.107 e. The summed E-state index contributed by atoms with van der Waals surface area (Å²) in [5.41, 5.74) is 0. The predicted octanol–water partition coefficient (Wildman–Crippen LogP) is 0.335. The molecule has 0 spiro atoms. The first-order valence-electron chi connectivity index (χ1n) is 3.02. The Balaban J connectivity index is 2.71. The molecular formula is C5H12N2OS. The Morgan fingerprint density at radius 2 is 2.11 bits per heavy atom. The van der Waals surface area contributed by atoms with Crippen molar-refractivity contribution in [3.63, 3.8) is 0 Å². The Hall–Kier alpha value is -0.0900. The van der Waals surface area contributed by atoms with Crippen molar-refractivity contribution in [3.8, 4) is 0 Å². The number of hydrogen-bond donors (Lipinski definition) is 0. The normalized spacial score (nSPS) is 26.4. The van der Waals surface area contributed by atoms with Crippen LogP contribution in [-0.2, 0) is 9.92 Å². The van der Waals surface area contributed by atoms with Crippen molar-refractivity contribution >= 4 is 9.92 Å². The molecule has 1 aliphatic heterocycles. The summed E-state index contributed by atoms with van der Waals surface area (Å²) in [7, 11) is -0.341. The van der Waals surface area contributed by atoms with Gasteiger partial charge in [0.2, 0.25) is 0 Å². The van der Waals surface area contributed by atoms with Gasteiger partial charge in [0, 0.05) is 26.4 Å². The summed E-state index contributed by atoms with van der Waals surface area (Å²) in [6.07, 6.45) is 2.85. The molecule has 0 aliphatic carbocycles. The van der Waals surface area contributed by atoms with Gasteiger partial charge in [-0.3, -0.25) is 0 Å². The minimum absolute atomic E-state index is 0.951. The van der Waals surface area contributed by atoms with E-state index in [4.69, 9.17) is 0 Å². The number of rotatable bonds is 1. The molecule has 0 aromatic rings. The third-order valence-corrected chi connectivity index (χ3v) is 3.63. The third kappa shape index (κ3) is 1.24. The summed E-state index contributed by atoms with van der Waals surface area (Å²) < 4.78 is 17.0. The second-order valence-corrected chi connectivity index (χ2v) is 4.63. The van der Waals surface area contributed by atoms with Crippen LogP contribution in [0.3, 0.4) is 0 Å². The van der Waals surface area contributed by atoms with Crippen molar-refractivity contribution in [1.29, 1.82) is 0 Å². The van der Waals surface area contributed by atoms with Crippen LogP contribution in [0.1, 0.15) is 6.42 Å². The maximum atomic E-state index is 11.3. The molecule has 54 valence electrons. The minimum Gasteiger partial charge on any atom is -0.234 e. The fraction of sp³-hybridized carbons (Fsp3) is 1.00. The minimum atomic E-state index is -1.95. The zero-order chi connectivity index (χ0) is 6.91. The van der Waals surface area contributed by atoms with E-state index in [0.717, 1.165) is 13.1 Å². The Morgan fingerprint density at radius 3 is 2.22 bits per heavy atom. The van der Waals surface area contributed by atoms with Gasteiger partial charge in [-0.2, -0.15) is 0 Å². The molecule has 1 fully saturated rings. The summed E-state index contributed by atoms with van der Waals surface area (Å²) in [6.45, 7) is 1.90. The number of nitrogens with zero attached hydrogens (tertiary/aromatic N) is 2. The van der Waals surface area contributed by atoms with Gasteiger partial charge in [-0.25, -0.2) is 12.9 Å². The Morgan fingerprint density at radius 1 is 1.56 bits per heavy atom. The number of hydrogen-bond acceptors (Lipinski definition) is 2. The Kier molecular flexibility index (Phi) is 1.77. The zero-order valence-electron chi connectivity index (χ0n) is 5.83. The van der Waals surface area contributed by atoms with Crippen LogP contribution in [0.4, 0.5) is 0 Å². The van der Waals surface area contributed by atoms with Gasteiger partial charge in [-0.1, -0.05) is 0 Å². The van der Waals surface area contributed by atoms with Gasteiger partial charge in [-0.05, 0) is 6.42 Å². The molecule has 0 amide bonds. The summed E-state index contributed by atoms with van der Waals surface area (Å²) in [6, 6.07) is 0. The van der Waals surface area contributed by atoms with Crippen molar-refractivity contribution < 1.29 is 4.21 Å². The highest BCUT2D eigenvalue weighted by Gasteiger charge is 2.20. The van der Waals surface area contributed by atoms with Gasteiger partial charge >= 0.3 is 0 Å². The molecule has 1 atom stereocenters. The van der Waals surface area contributed by atoms with Crippen LogP contribution in [0.2, 0.25) is 0 Å². The molecule has 0 N–H and O–H groups in total. The lowest BCUT2D eigenvalue weighted by Gasteiger charge is -2.30. The van der Waals surface area contributed by atoms with E-state index >= 15 is 0 Å². The molecule has 1 aliphatic rings. The quantitative estimate of drug-likeness (QED) is 0.527. The van der Waals surface area contributed by atoms with Crippen LogP contribution in [0.25, 0.3) is 0 Å². The molecule has 0 bridgehead atoms. The molecule has 1 rings (SSSR count). The average Bonchev–Trinajstić information content (AvgIpc) is 1.60. The van der Waals surface area contributed by atoms with Crippen molar-refractivity contribution in [2.75, 3.05) is 26.4 Å². The first-order valence-corrected chi connectivity index (χ1v) is 4.90. The Labute approximate surface area is 56.4 Å². The van der Waals surface area contributed by atoms with Crippen LogP contribution in [0.15, 0.2) is 4.36 Å². The van der Waals surface area contributed by atoms with Crippen molar-refractivity contribution in [1.82, 2.24) is 4.31 Å². The summed E-state index contributed by atoms with van der Waals surface area (Å²) >= 11 is 0. The Bertz CT molecular complexity index is 201. The molecule has 1 saturated heterocycles. The second kappa shape index (κ2) is 2.27. The first kappa shape index (κ1) is 7.02. The predicted molar refractivity (Wildman–Crippen MR) is 38.6 cm³/mol. The summed E-state index contributed by atoms with van der Waals surface area (Å²) in [5, 5.41) is 0. The van der Waals surface area contributed by atoms with E-state index in [1.165, 1.54) is 6.42 Å². The molecule has 0 aromatic heterocycles. The largest absolute Gasteiger partial charge is 0.234 e. The highest BCUT2D eigenvalue weighted by Crippen LogP contribution is 2.11. The molecule has 4 heteroatoms. The molecule has 0 aromatic carbocycles. The van der Waals surface area contributed by atoms with Crippen LogP contribution >= 0.6 is 0 Å². The fourth-order valence-corrected chi connectivity index (χ4v) is 1.91. The lowest BCUT2D eigenvalue weighted by molar-refractivity contribution is 0.325. The highest BCUT2D eigenvalue weighted by molar-refractivity contribution is 7.90. The van der Waals surface area contributed by atoms with Crippen LogP contribution in [0.5, 0.6) is 0 Å².